The highest BCUT2D eigenvalue weighted by molar-refractivity contribution is 6.08. The number of phenols is 1. The third-order valence-corrected chi connectivity index (χ3v) is 6.38. The van der Waals surface area contributed by atoms with Gasteiger partial charge in [0.25, 0.3) is 5.91 Å². The molecular weight excluding hydrogens is 366 g/mol. The number of carbonyl (C=O) groups is 2. The Morgan fingerprint density at radius 1 is 1.07 bits per heavy atom. The molecule has 1 N–H and O–H groups in total. The number of hydrogen-bond donors (Lipinski definition) is 1. The average Bonchev–Trinajstić information content (AvgIpc) is 2.97. The lowest BCUT2D eigenvalue weighted by Gasteiger charge is -2.38. The van der Waals surface area contributed by atoms with Crippen molar-refractivity contribution >= 4 is 28.4 Å². The van der Waals surface area contributed by atoms with E-state index in [1.165, 1.54) is 0 Å². The maximum absolute atomic E-state index is 13.1. The minimum Gasteiger partial charge on any atom is -0.505 e. The van der Waals surface area contributed by atoms with Gasteiger partial charge in [-0.1, -0.05) is 30.3 Å². The second-order valence-corrected chi connectivity index (χ2v) is 7.79. The first-order chi connectivity index (χ1) is 14.0. The second-order valence-electron chi connectivity index (χ2n) is 7.79. The highest BCUT2D eigenvalue weighted by atomic mass is 16.3. The Kier molecular flexibility index (Phi) is 3.84. The number of carbonyl (C=O) groups excluding carboxylic acids is 2. The molecule has 1 aromatic heterocycles. The first-order valence-electron chi connectivity index (χ1n) is 9.76. The van der Waals surface area contributed by atoms with Gasteiger partial charge < -0.3 is 14.9 Å². The number of likely N-dealkylation sites (tertiary alicyclic amines) is 1. The van der Waals surface area contributed by atoms with Gasteiger partial charge in [-0.15, -0.1) is 0 Å². The largest absolute Gasteiger partial charge is 0.505 e. The van der Waals surface area contributed by atoms with Crippen LogP contribution in [0.4, 0.5) is 5.69 Å². The zero-order valence-corrected chi connectivity index (χ0v) is 16.1. The predicted molar refractivity (Wildman–Crippen MR) is 110 cm³/mol. The second kappa shape index (κ2) is 6.30. The topological polar surface area (TPSA) is 73.7 Å². The Bertz CT molecular complexity index is 1150. The van der Waals surface area contributed by atoms with Crippen molar-refractivity contribution in [2.45, 2.75) is 18.3 Å². The molecule has 3 aromatic rings. The summed E-state index contributed by atoms with van der Waals surface area (Å²) in [4.78, 5) is 33.8. The molecule has 6 heteroatoms. The van der Waals surface area contributed by atoms with Crippen LogP contribution >= 0.6 is 0 Å². The van der Waals surface area contributed by atoms with Crippen LogP contribution in [-0.4, -0.2) is 46.9 Å². The summed E-state index contributed by atoms with van der Waals surface area (Å²) >= 11 is 0. The molecule has 0 radical (unpaired) electrons. The van der Waals surface area contributed by atoms with Gasteiger partial charge in [-0.05, 0) is 36.6 Å². The number of nitrogens with zero attached hydrogens (tertiary/aromatic N) is 3. The third kappa shape index (κ3) is 2.45. The van der Waals surface area contributed by atoms with Crippen molar-refractivity contribution < 1.29 is 14.7 Å². The van der Waals surface area contributed by atoms with Gasteiger partial charge in [-0.3, -0.25) is 14.6 Å². The van der Waals surface area contributed by atoms with Crippen molar-refractivity contribution in [2.24, 2.45) is 0 Å². The van der Waals surface area contributed by atoms with Gasteiger partial charge in [0.2, 0.25) is 5.91 Å². The predicted octanol–water partition coefficient (Wildman–Crippen LogP) is 3.09. The Labute approximate surface area is 168 Å². The fourth-order valence-electron chi connectivity index (χ4n) is 4.76. The molecule has 0 saturated carbocycles. The van der Waals surface area contributed by atoms with E-state index < -0.39 is 5.41 Å². The third-order valence-electron chi connectivity index (χ3n) is 6.38. The van der Waals surface area contributed by atoms with Crippen LogP contribution in [-0.2, 0) is 10.2 Å². The van der Waals surface area contributed by atoms with Crippen LogP contribution in [0.5, 0.6) is 5.75 Å². The lowest BCUT2D eigenvalue weighted by atomic mass is 9.73. The Balaban J connectivity index is 1.42. The first kappa shape index (κ1) is 17.7. The lowest BCUT2D eigenvalue weighted by molar-refractivity contribution is -0.124. The number of piperidine rings is 1. The van der Waals surface area contributed by atoms with Gasteiger partial charge in [0.05, 0.1) is 11.0 Å². The van der Waals surface area contributed by atoms with Crippen LogP contribution < -0.4 is 4.90 Å². The SMILES string of the molecule is CN1C(=O)C2(CCN(C(=O)c3ccc4cccnc4c3O)CC2)c2ccccc21. The highest BCUT2D eigenvalue weighted by Crippen LogP contribution is 2.47. The van der Waals surface area contributed by atoms with E-state index in [4.69, 9.17) is 0 Å². The molecule has 6 nitrogen and oxygen atoms in total. The van der Waals surface area contributed by atoms with Crippen molar-refractivity contribution in [1.29, 1.82) is 0 Å². The van der Waals surface area contributed by atoms with E-state index in [0.717, 1.165) is 16.6 Å². The number of likely N-dealkylation sites (N-methyl/N-ethyl adjacent to an activating group) is 1. The minimum absolute atomic E-state index is 0.0876. The number of fused-ring (bicyclic) bond motifs is 3. The molecule has 5 rings (SSSR count). The monoisotopic (exact) mass is 387 g/mol. The van der Waals surface area contributed by atoms with Gasteiger partial charge in [-0.2, -0.15) is 0 Å². The standard InChI is InChI=1S/C23H21N3O3/c1-25-18-7-3-2-6-17(18)23(22(25)29)10-13-26(14-11-23)21(28)16-9-8-15-5-4-12-24-19(15)20(16)27/h2-9,12,27H,10-11,13-14H2,1H3. The molecule has 1 saturated heterocycles. The molecule has 3 heterocycles. The number of anilines is 1. The summed E-state index contributed by atoms with van der Waals surface area (Å²) in [7, 11) is 1.81. The summed E-state index contributed by atoms with van der Waals surface area (Å²) in [5.74, 6) is -0.212. The number of hydrogen-bond acceptors (Lipinski definition) is 4. The fourth-order valence-corrected chi connectivity index (χ4v) is 4.76. The van der Waals surface area contributed by atoms with Crippen LogP contribution in [0, 0.1) is 0 Å². The van der Waals surface area contributed by atoms with E-state index >= 15 is 0 Å². The van der Waals surface area contributed by atoms with E-state index in [0.29, 0.717) is 31.4 Å². The van der Waals surface area contributed by atoms with Crippen LogP contribution in [0.3, 0.4) is 0 Å². The van der Waals surface area contributed by atoms with Crippen LogP contribution in [0.2, 0.25) is 0 Å². The first-order valence-corrected chi connectivity index (χ1v) is 9.76. The number of phenolic OH excluding ortho intramolecular Hbond substituents is 1. The highest BCUT2D eigenvalue weighted by Gasteiger charge is 2.51. The molecule has 2 aromatic carbocycles. The number of amides is 2. The van der Waals surface area contributed by atoms with E-state index in [-0.39, 0.29) is 23.1 Å². The lowest BCUT2D eigenvalue weighted by Crippen LogP contribution is -2.49. The molecule has 29 heavy (non-hydrogen) atoms. The molecule has 0 atom stereocenters. The fraction of sp³-hybridized carbons (Fsp3) is 0.261. The van der Waals surface area contributed by atoms with Crippen molar-refractivity contribution in [3.63, 3.8) is 0 Å². The van der Waals surface area contributed by atoms with E-state index in [1.807, 2.05) is 37.4 Å². The molecule has 2 aliphatic heterocycles. The Morgan fingerprint density at radius 2 is 1.83 bits per heavy atom. The maximum Gasteiger partial charge on any atom is 0.257 e. The Hall–Kier alpha value is -3.41. The van der Waals surface area contributed by atoms with Crippen molar-refractivity contribution in [2.75, 3.05) is 25.0 Å². The summed E-state index contributed by atoms with van der Waals surface area (Å²) in [5, 5.41) is 11.4. The van der Waals surface area contributed by atoms with Gasteiger partial charge in [0, 0.05) is 37.4 Å². The molecule has 0 unspecified atom stereocenters. The van der Waals surface area contributed by atoms with Gasteiger partial charge >= 0.3 is 0 Å². The Morgan fingerprint density at radius 3 is 2.62 bits per heavy atom. The summed E-state index contributed by atoms with van der Waals surface area (Å²) < 4.78 is 0. The number of aromatic nitrogens is 1. The zero-order chi connectivity index (χ0) is 20.2. The molecule has 0 aliphatic carbocycles. The quantitative estimate of drug-likeness (QED) is 0.696. The number of aromatic hydroxyl groups is 1. The average molecular weight is 387 g/mol. The van der Waals surface area contributed by atoms with Crippen LogP contribution in [0.15, 0.2) is 54.7 Å². The smallest absolute Gasteiger partial charge is 0.257 e. The molecular formula is C23H21N3O3. The van der Waals surface area contributed by atoms with Crippen LogP contribution in [0.1, 0.15) is 28.8 Å². The van der Waals surface area contributed by atoms with Crippen molar-refractivity contribution in [3.05, 3.63) is 65.9 Å². The van der Waals surface area contributed by atoms with Crippen molar-refractivity contribution in [3.8, 4) is 5.75 Å². The number of rotatable bonds is 1. The van der Waals surface area contributed by atoms with E-state index in [1.54, 1.807) is 34.2 Å². The van der Waals surface area contributed by atoms with E-state index in [2.05, 4.69) is 4.98 Å². The minimum atomic E-state index is -0.560. The molecule has 146 valence electrons. The molecule has 2 aliphatic rings. The normalized spacial score (nSPS) is 17.8. The number of benzene rings is 2. The van der Waals surface area contributed by atoms with Gasteiger partial charge in [-0.25, -0.2) is 0 Å². The number of pyridine rings is 1. The van der Waals surface area contributed by atoms with Gasteiger partial charge in [0.15, 0.2) is 5.75 Å². The van der Waals surface area contributed by atoms with Crippen molar-refractivity contribution in [1.82, 2.24) is 9.88 Å². The number of para-hydroxylation sites is 1. The van der Waals surface area contributed by atoms with Gasteiger partial charge in [0.1, 0.15) is 5.52 Å². The molecule has 1 spiro atoms. The summed E-state index contributed by atoms with van der Waals surface area (Å²) in [6.07, 6.45) is 2.75. The summed E-state index contributed by atoms with van der Waals surface area (Å²) in [5.41, 5.74) is 2.12. The molecule has 1 fully saturated rings. The maximum atomic E-state index is 13.1. The van der Waals surface area contributed by atoms with E-state index in [9.17, 15) is 14.7 Å². The zero-order valence-electron chi connectivity index (χ0n) is 16.1. The summed E-state index contributed by atoms with van der Waals surface area (Å²) in [6, 6.07) is 15.0. The van der Waals surface area contributed by atoms with Crippen LogP contribution in [0.25, 0.3) is 10.9 Å². The molecule has 0 bridgehead atoms. The molecule has 2 amide bonds. The summed E-state index contributed by atoms with van der Waals surface area (Å²) in [6.45, 7) is 0.929.